The van der Waals surface area contributed by atoms with Crippen molar-refractivity contribution in [2.45, 2.75) is 89.8 Å². The maximum Gasteiger partial charge on any atom is 0.0751 e. The number of allylic oxidation sites excluding steroid dienone is 2. The van der Waals surface area contributed by atoms with Gasteiger partial charge < -0.3 is 15.3 Å². The van der Waals surface area contributed by atoms with Gasteiger partial charge in [0.25, 0.3) is 0 Å². The Bertz CT molecular complexity index is 338. The first-order valence-electron chi connectivity index (χ1n) is 9.52. The van der Waals surface area contributed by atoms with E-state index in [1.807, 2.05) is 6.08 Å². The highest BCUT2D eigenvalue weighted by Crippen LogP contribution is 2.36. The van der Waals surface area contributed by atoms with Crippen molar-refractivity contribution in [1.29, 1.82) is 0 Å². The summed E-state index contributed by atoms with van der Waals surface area (Å²) in [6.07, 6.45) is 18.1. The number of aliphatic hydroxyl groups is 3. The van der Waals surface area contributed by atoms with Crippen LogP contribution in [0.2, 0.25) is 0 Å². The van der Waals surface area contributed by atoms with Crippen LogP contribution in [-0.4, -0.2) is 27.5 Å². The van der Waals surface area contributed by atoms with E-state index in [9.17, 15) is 10.2 Å². The van der Waals surface area contributed by atoms with Crippen LogP contribution >= 0.6 is 0 Å². The molecule has 0 aromatic carbocycles. The fraction of sp³-hybridized carbons (Fsp3) is 0.800. The molecular weight excluding hydrogens is 288 g/mol. The molecule has 0 saturated heterocycles. The standard InChI is InChI=1S/C20H36O3/c1-2-3-7-10-18(22)14-12-17-13-15-20(23)19(17)11-8-5-4-6-9-16-21/h9,12,14,16-23H,2-8,10-11,13,15H2,1H3/b14-12+,16-9?. The highest BCUT2D eigenvalue weighted by Gasteiger charge is 2.32. The summed E-state index contributed by atoms with van der Waals surface area (Å²) in [6.45, 7) is 2.17. The van der Waals surface area contributed by atoms with Crippen LogP contribution in [0.1, 0.15) is 77.6 Å². The third-order valence-corrected chi connectivity index (χ3v) is 5.04. The number of rotatable bonds is 12. The molecule has 0 aliphatic heterocycles. The molecule has 1 saturated carbocycles. The molecule has 4 unspecified atom stereocenters. The molecule has 0 aromatic heterocycles. The first kappa shape index (κ1) is 20.2. The normalized spacial score (nSPS) is 26.5. The lowest BCUT2D eigenvalue weighted by Crippen LogP contribution is -2.18. The largest absolute Gasteiger partial charge is 0.516 e. The first-order chi connectivity index (χ1) is 11.2. The van der Waals surface area contributed by atoms with Gasteiger partial charge in [-0.05, 0) is 50.4 Å². The van der Waals surface area contributed by atoms with Crippen LogP contribution in [-0.2, 0) is 0 Å². The predicted octanol–water partition coefficient (Wildman–Crippen LogP) is 4.89. The summed E-state index contributed by atoms with van der Waals surface area (Å²) in [5, 5.41) is 28.8. The van der Waals surface area contributed by atoms with E-state index in [4.69, 9.17) is 5.11 Å². The van der Waals surface area contributed by atoms with E-state index >= 15 is 0 Å². The van der Waals surface area contributed by atoms with E-state index in [0.717, 1.165) is 64.0 Å². The zero-order chi connectivity index (χ0) is 16.9. The highest BCUT2D eigenvalue weighted by molar-refractivity contribution is 5.00. The summed E-state index contributed by atoms with van der Waals surface area (Å²) in [5.41, 5.74) is 0. The van der Waals surface area contributed by atoms with Gasteiger partial charge in [0.15, 0.2) is 0 Å². The molecule has 1 aliphatic rings. The maximum atomic E-state index is 10.2. The van der Waals surface area contributed by atoms with Crippen molar-refractivity contribution in [1.82, 2.24) is 0 Å². The SMILES string of the molecule is CCCCCC(O)/C=C/C1CCC(O)C1CCCCCC=CO. The van der Waals surface area contributed by atoms with Crippen molar-refractivity contribution >= 4 is 0 Å². The minimum atomic E-state index is -0.329. The van der Waals surface area contributed by atoms with Crippen LogP contribution in [0.25, 0.3) is 0 Å². The van der Waals surface area contributed by atoms with Gasteiger partial charge in [0.05, 0.1) is 18.5 Å². The summed E-state index contributed by atoms with van der Waals surface area (Å²) >= 11 is 0. The van der Waals surface area contributed by atoms with Gasteiger partial charge in [-0.1, -0.05) is 57.3 Å². The van der Waals surface area contributed by atoms with E-state index in [1.54, 1.807) is 6.08 Å². The van der Waals surface area contributed by atoms with E-state index in [1.165, 1.54) is 12.8 Å². The quantitative estimate of drug-likeness (QED) is 0.272. The summed E-state index contributed by atoms with van der Waals surface area (Å²) in [5.74, 6) is 0.769. The van der Waals surface area contributed by atoms with Gasteiger partial charge in [0, 0.05) is 0 Å². The Balaban J connectivity index is 2.29. The minimum Gasteiger partial charge on any atom is -0.516 e. The van der Waals surface area contributed by atoms with Crippen LogP contribution in [0.4, 0.5) is 0 Å². The van der Waals surface area contributed by atoms with Crippen LogP contribution in [0.3, 0.4) is 0 Å². The van der Waals surface area contributed by atoms with Crippen molar-refractivity contribution < 1.29 is 15.3 Å². The van der Waals surface area contributed by atoms with Gasteiger partial charge in [0.2, 0.25) is 0 Å². The van der Waals surface area contributed by atoms with E-state index in [0.29, 0.717) is 11.8 Å². The monoisotopic (exact) mass is 324 g/mol. The third kappa shape index (κ3) is 8.57. The van der Waals surface area contributed by atoms with Crippen LogP contribution < -0.4 is 0 Å². The van der Waals surface area contributed by atoms with Crippen molar-refractivity contribution in [3.8, 4) is 0 Å². The van der Waals surface area contributed by atoms with Crippen molar-refractivity contribution in [3.63, 3.8) is 0 Å². The minimum absolute atomic E-state index is 0.181. The fourth-order valence-corrected chi connectivity index (χ4v) is 3.59. The van der Waals surface area contributed by atoms with E-state index in [2.05, 4.69) is 13.0 Å². The Morgan fingerprint density at radius 2 is 1.91 bits per heavy atom. The van der Waals surface area contributed by atoms with Gasteiger partial charge in [-0.25, -0.2) is 0 Å². The van der Waals surface area contributed by atoms with Crippen molar-refractivity contribution in [2.24, 2.45) is 11.8 Å². The van der Waals surface area contributed by atoms with E-state index < -0.39 is 0 Å². The molecule has 23 heavy (non-hydrogen) atoms. The number of hydrogen-bond donors (Lipinski definition) is 3. The zero-order valence-corrected chi connectivity index (χ0v) is 14.7. The Labute approximate surface area is 142 Å². The highest BCUT2D eigenvalue weighted by atomic mass is 16.3. The molecule has 0 amide bonds. The lowest BCUT2D eigenvalue weighted by Gasteiger charge is -2.20. The van der Waals surface area contributed by atoms with Gasteiger partial charge in [-0.15, -0.1) is 0 Å². The Morgan fingerprint density at radius 3 is 2.65 bits per heavy atom. The molecule has 1 fully saturated rings. The molecule has 4 atom stereocenters. The number of unbranched alkanes of at least 4 members (excludes halogenated alkanes) is 5. The molecule has 3 N–H and O–H groups in total. The van der Waals surface area contributed by atoms with Gasteiger partial charge in [-0.2, -0.15) is 0 Å². The van der Waals surface area contributed by atoms with Gasteiger partial charge in [0.1, 0.15) is 0 Å². The molecule has 1 rings (SSSR count). The van der Waals surface area contributed by atoms with Crippen LogP contribution in [0, 0.1) is 11.8 Å². The lowest BCUT2D eigenvalue weighted by molar-refractivity contribution is 0.116. The average molecular weight is 325 g/mol. The van der Waals surface area contributed by atoms with Gasteiger partial charge in [-0.3, -0.25) is 0 Å². The molecule has 3 heteroatoms. The predicted molar refractivity (Wildman–Crippen MR) is 96.4 cm³/mol. The number of aliphatic hydroxyl groups excluding tert-OH is 3. The Morgan fingerprint density at radius 1 is 1.09 bits per heavy atom. The summed E-state index contributed by atoms with van der Waals surface area (Å²) in [7, 11) is 0. The van der Waals surface area contributed by atoms with Crippen molar-refractivity contribution in [2.75, 3.05) is 0 Å². The van der Waals surface area contributed by atoms with E-state index in [-0.39, 0.29) is 12.2 Å². The maximum absolute atomic E-state index is 10.2. The van der Waals surface area contributed by atoms with Crippen molar-refractivity contribution in [3.05, 3.63) is 24.5 Å². The average Bonchev–Trinajstić information content (AvgIpc) is 2.89. The molecule has 0 heterocycles. The second-order valence-corrected chi connectivity index (χ2v) is 6.94. The summed E-state index contributed by atoms with van der Waals surface area (Å²) in [4.78, 5) is 0. The smallest absolute Gasteiger partial charge is 0.0751 e. The molecule has 134 valence electrons. The molecular formula is C20H36O3. The first-order valence-corrected chi connectivity index (χ1v) is 9.52. The van der Waals surface area contributed by atoms with Gasteiger partial charge >= 0.3 is 0 Å². The second-order valence-electron chi connectivity index (χ2n) is 6.94. The topological polar surface area (TPSA) is 60.7 Å². The lowest BCUT2D eigenvalue weighted by atomic mass is 9.88. The summed E-state index contributed by atoms with van der Waals surface area (Å²) in [6, 6.07) is 0. The Hall–Kier alpha value is -0.800. The summed E-state index contributed by atoms with van der Waals surface area (Å²) < 4.78 is 0. The second kappa shape index (κ2) is 12.6. The molecule has 0 bridgehead atoms. The molecule has 3 nitrogen and oxygen atoms in total. The molecule has 1 aliphatic carbocycles. The molecule has 0 spiro atoms. The zero-order valence-electron chi connectivity index (χ0n) is 14.7. The Kier molecular flexibility index (Phi) is 11.1. The number of hydrogen-bond acceptors (Lipinski definition) is 3. The van der Waals surface area contributed by atoms with Crippen LogP contribution in [0.5, 0.6) is 0 Å². The van der Waals surface area contributed by atoms with Crippen LogP contribution in [0.15, 0.2) is 24.5 Å². The molecule has 0 aromatic rings. The fourth-order valence-electron chi connectivity index (χ4n) is 3.59. The third-order valence-electron chi connectivity index (χ3n) is 5.04. The molecule has 0 radical (unpaired) electrons.